The summed E-state index contributed by atoms with van der Waals surface area (Å²) in [7, 11) is 0. The Morgan fingerprint density at radius 1 is 1.05 bits per heavy atom. The molecule has 4 heterocycles. The summed E-state index contributed by atoms with van der Waals surface area (Å²) in [5, 5.41) is 5.01. The number of hydrogen-bond acceptors (Lipinski definition) is 6. The number of ether oxygens (including phenoxy) is 1. The van der Waals surface area contributed by atoms with Gasteiger partial charge < -0.3 is 14.5 Å². The Bertz CT molecular complexity index is 1420. The molecular weight excluding hydrogens is 468 g/mol. The second kappa shape index (κ2) is 9.50. The Morgan fingerprint density at radius 3 is 2.62 bits per heavy atom. The van der Waals surface area contributed by atoms with Gasteiger partial charge in [0.1, 0.15) is 17.2 Å². The van der Waals surface area contributed by atoms with Gasteiger partial charge in [-0.05, 0) is 55.3 Å². The Hall–Kier alpha value is -4.53. The number of amides is 2. The van der Waals surface area contributed by atoms with Crippen LogP contribution in [0.25, 0.3) is 11.3 Å². The first-order valence-corrected chi connectivity index (χ1v) is 12.4. The highest BCUT2D eigenvalue weighted by molar-refractivity contribution is 6.17. The van der Waals surface area contributed by atoms with Gasteiger partial charge in [-0.1, -0.05) is 24.8 Å². The minimum absolute atomic E-state index is 0.0515. The summed E-state index contributed by atoms with van der Waals surface area (Å²) in [6.07, 6.45) is 5.14. The molecule has 1 aromatic heterocycles. The summed E-state index contributed by atoms with van der Waals surface area (Å²) in [5.74, 6) is 2.45. The standard InChI is InChI=1S/C28H26N6O3/c1-2-24(36)32-15-6-7-20(17-32)34-27-25(28-30-23(35)14-16-33(28)18-29-27)26(31-34)19-10-12-22(13-11-19)37-21-8-4-3-5-9-21/h2-5,8-13,18,20H,1,6-7,14-17H2/t20-/m1/s1. The zero-order chi connectivity index (χ0) is 25.4. The van der Waals surface area contributed by atoms with Crippen LogP contribution in [0, 0.1) is 0 Å². The summed E-state index contributed by atoms with van der Waals surface area (Å²) in [5.41, 5.74) is 2.30. The van der Waals surface area contributed by atoms with E-state index in [2.05, 4.69) is 11.6 Å². The number of hydrogen-bond donors (Lipinski definition) is 0. The van der Waals surface area contributed by atoms with Gasteiger partial charge >= 0.3 is 0 Å². The fourth-order valence-electron chi connectivity index (χ4n) is 5.00. The lowest BCUT2D eigenvalue weighted by atomic mass is 10.0. The number of benzene rings is 2. The van der Waals surface area contributed by atoms with Crippen LogP contribution in [0.5, 0.6) is 11.5 Å². The number of aliphatic imine (C=N–C) groups is 2. The molecule has 1 fully saturated rings. The first-order valence-electron chi connectivity index (χ1n) is 12.4. The number of para-hydroxylation sites is 1. The normalized spacial score (nSPS) is 18.6. The molecule has 1 atom stereocenters. The van der Waals surface area contributed by atoms with Crippen molar-refractivity contribution in [2.24, 2.45) is 9.98 Å². The maximum absolute atomic E-state index is 12.3. The van der Waals surface area contributed by atoms with Crippen molar-refractivity contribution in [2.75, 3.05) is 19.6 Å². The van der Waals surface area contributed by atoms with Crippen LogP contribution >= 0.6 is 0 Å². The summed E-state index contributed by atoms with van der Waals surface area (Å²) in [6, 6.07) is 17.3. The molecule has 0 N–H and O–H groups in total. The molecule has 0 saturated carbocycles. The number of fused-ring (bicyclic) bond motifs is 3. The largest absolute Gasteiger partial charge is 0.457 e. The molecule has 0 aliphatic carbocycles. The third-order valence-corrected chi connectivity index (χ3v) is 6.83. The van der Waals surface area contributed by atoms with Crippen molar-refractivity contribution < 1.29 is 14.3 Å². The Kier molecular flexibility index (Phi) is 5.88. The SMILES string of the molecule is C=CC(=O)N1CCC[C@@H](n2nc(-c3ccc(Oc4ccccc4)cc3)c3c2N=CN2CCC(=O)N=C32)C1. The van der Waals surface area contributed by atoms with Gasteiger partial charge in [0.2, 0.25) is 11.8 Å². The van der Waals surface area contributed by atoms with E-state index in [1.807, 2.05) is 64.2 Å². The average Bonchev–Trinajstić information content (AvgIpc) is 3.34. The van der Waals surface area contributed by atoms with Crippen LogP contribution in [0.3, 0.4) is 0 Å². The van der Waals surface area contributed by atoms with Crippen LogP contribution in [0.2, 0.25) is 0 Å². The van der Waals surface area contributed by atoms with E-state index in [4.69, 9.17) is 14.8 Å². The number of likely N-dealkylation sites (tertiary alicyclic amines) is 1. The highest BCUT2D eigenvalue weighted by Crippen LogP contribution is 2.39. The van der Waals surface area contributed by atoms with Crippen LogP contribution in [0.15, 0.2) is 77.2 Å². The molecule has 6 rings (SSSR count). The molecule has 3 aromatic rings. The fraction of sp³-hybridized carbons (Fsp3) is 0.250. The zero-order valence-corrected chi connectivity index (χ0v) is 20.3. The second-order valence-corrected chi connectivity index (χ2v) is 9.23. The lowest BCUT2D eigenvalue weighted by molar-refractivity contribution is -0.127. The van der Waals surface area contributed by atoms with Crippen LogP contribution in [0.1, 0.15) is 30.9 Å². The second-order valence-electron chi connectivity index (χ2n) is 9.23. The van der Waals surface area contributed by atoms with Gasteiger partial charge in [0.25, 0.3) is 0 Å². The summed E-state index contributed by atoms with van der Waals surface area (Å²) < 4.78 is 7.86. The lowest BCUT2D eigenvalue weighted by Crippen LogP contribution is -2.40. The van der Waals surface area contributed by atoms with E-state index >= 15 is 0 Å². The van der Waals surface area contributed by atoms with Crippen molar-refractivity contribution in [3.8, 4) is 22.8 Å². The van der Waals surface area contributed by atoms with Crippen LogP contribution in [0.4, 0.5) is 5.82 Å². The molecule has 3 aliphatic heterocycles. The molecule has 0 spiro atoms. The van der Waals surface area contributed by atoms with Gasteiger partial charge in [0, 0.05) is 31.6 Å². The van der Waals surface area contributed by atoms with Crippen molar-refractivity contribution in [3.63, 3.8) is 0 Å². The van der Waals surface area contributed by atoms with E-state index in [0.29, 0.717) is 49.2 Å². The predicted molar refractivity (Wildman–Crippen MR) is 140 cm³/mol. The summed E-state index contributed by atoms with van der Waals surface area (Å²) >= 11 is 0. The zero-order valence-electron chi connectivity index (χ0n) is 20.3. The molecule has 1 saturated heterocycles. The Labute approximate surface area is 214 Å². The quantitative estimate of drug-likeness (QED) is 0.492. The molecule has 9 nitrogen and oxygen atoms in total. The van der Waals surface area contributed by atoms with Crippen molar-refractivity contribution in [1.82, 2.24) is 19.6 Å². The number of piperidine rings is 1. The van der Waals surface area contributed by atoms with Gasteiger partial charge in [0.05, 0.1) is 17.9 Å². The topological polar surface area (TPSA) is 92.4 Å². The number of aromatic nitrogens is 2. The first kappa shape index (κ1) is 22.9. The number of carbonyl (C=O) groups excluding carboxylic acids is 2. The maximum atomic E-state index is 12.3. The van der Waals surface area contributed by atoms with Crippen molar-refractivity contribution >= 4 is 29.8 Å². The van der Waals surface area contributed by atoms with Gasteiger partial charge in [-0.3, -0.25) is 9.59 Å². The molecule has 9 heteroatoms. The number of nitrogens with zero attached hydrogens (tertiary/aromatic N) is 6. The first-order chi connectivity index (χ1) is 18.1. The fourth-order valence-corrected chi connectivity index (χ4v) is 5.00. The molecule has 0 radical (unpaired) electrons. The highest BCUT2D eigenvalue weighted by atomic mass is 16.5. The molecule has 0 bridgehead atoms. The minimum atomic E-state index is -0.154. The highest BCUT2D eigenvalue weighted by Gasteiger charge is 2.35. The van der Waals surface area contributed by atoms with Crippen molar-refractivity contribution in [2.45, 2.75) is 25.3 Å². The van der Waals surface area contributed by atoms with Crippen molar-refractivity contribution in [3.05, 3.63) is 72.8 Å². The lowest BCUT2D eigenvalue weighted by Gasteiger charge is -2.33. The molecule has 3 aliphatic rings. The summed E-state index contributed by atoms with van der Waals surface area (Å²) in [6.45, 7) is 5.37. The maximum Gasteiger partial charge on any atom is 0.249 e. The Balaban J connectivity index is 1.41. The molecule has 37 heavy (non-hydrogen) atoms. The number of rotatable bonds is 5. The van der Waals surface area contributed by atoms with Crippen LogP contribution in [-0.2, 0) is 9.59 Å². The van der Waals surface area contributed by atoms with E-state index in [0.717, 1.165) is 29.7 Å². The Morgan fingerprint density at radius 2 is 1.84 bits per heavy atom. The van der Waals surface area contributed by atoms with Gasteiger partial charge in [-0.25, -0.2) is 9.67 Å². The molecule has 2 amide bonds. The van der Waals surface area contributed by atoms with Crippen LogP contribution in [-0.4, -0.2) is 63.2 Å². The van der Waals surface area contributed by atoms with E-state index in [1.165, 1.54) is 6.08 Å². The van der Waals surface area contributed by atoms with Crippen LogP contribution < -0.4 is 4.74 Å². The molecule has 186 valence electrons. The predicted octanol–water partition coefficient (Wildman–Crippen LogP) is 4.34. The molecule has 0 unspecified atom stereocenters. The molecule has 2 aromatic carbocycles. The van der Waals surface area contributed by atoms with Gasteiger partial charge in [-0.2, -0.15) is 10.1 Å². The average molecular weight is 495 g/mol. The van der Waals surface area contributed by atoms with E-state index in [-0.39, 0.29) is 17.9 Å². The van der Waals surface area contributed by atoms with E-state index in [1.54, 1.807) is 11.2 Å². The monoisotopic (exact) mass is 494 g/mol. The minimum Gasteiger partial charge on any atom is -0.457 e. The van der Waals surface area contributed by atoms with Gasteiger partial charge in [-0.15, -0.1) is 0 Å². The number of amidine groups is 1. The third kappa shape index (κ3) is 4.33. The third-order valence-electron chi connectivity index (χ3n) is 6.83. The molecular formula is C28H26N6O3. The van der Waals surface area contributed by atoms with E-state index < -0.39 is 0 Å². The van der Waals surface area contributed by atoms with Crippen molar-refractivity contribution in [1.29, 1.82) is 0 Å². The smallest absolute Gasteiger partial charge is 0.249 e. The summed E-state index contributed by atoms with van der Waals surface area (Å²) in [4.78, 5) is 37.4. The number of carbonyl (C=O) groups is 2. The van der Waals surface area contributed by atoms with E-state index in [9.17, 15) is 9.59 Å². The van der Waals surface area contributed by atoms with Gasteiger partial charge in [0.15, 0.2) is 11.7 Å².